The Morgan fingerprint density at radius 2 is 1.88 bits per heavy atom. The van der Waals surface area contributed by atoms with Crippen LogP contribution in [0.5, 0.6) is 5.75 Å². The normalized spacial score (nSPS) is 21.6. The summed E-state index contributed by atoms with van der Waals surface area (Å²) in [4.78, 5) is 9.37. The van der Waals surface area contributed by atoms with Crippen molar-refractivity contribution in [1.29, 1.82) is 0 Å². The molecule has 2 heterocycles. The third kappa shape index (κ3) is 5.39. The summed E-state index contributed by atoms with van der Waals surface area (Å²) in [6.07, 6.45) is 6.28. The van der Waals surface area contributed by atoms with Crippen LogP contribution in [0, 0.1) is 5.92 Å². The lowest BCUT2D eigenvalue weighted by atomic mass is 10.1. The number of guanidine groups is 1. The van der Waals surface area contributed by atoms with Gasteiger partial charge in [0.2, 0.25) is 0 Å². The topological polar surface area (TPSA) is 54.1 Å². The van der Waals surface area contributed by atoms with Gasteiger partial charge in [-0.05, 0) is 37.3 Å². The Morgan fingerprint density at radius 1 is 1.16 bits per heavy atom. The molecule has 2 aliphatic heterocycles. The molecule has 1 aromatic carbocycles. The molecule has 2 N–H and O–H groups in total. The van der Waals surface area contributed by atoms with Crippen LogP contribution in [0.15, 0.2) is 29.3 Å². The largest absolute Gasteiger partial charge is 0.495 e. The molecule has 0 aromatic heterocycles. The molecule has 0 amide bonds. The first kappa shape index (κ1) is 20.1. The van der Waals surface area contributed by atoms with Gasteiger partial charge >= 0.3 is 0 Å². The molecule has 25 heavy (non-hydrogen) atoms. The fraction of sp³-hybridized carbons (Fsp3) is 0.632. The molecular weight excluding hydrogens is 427 g/mol. The van der Waals surface area contributed by atoms with Gasteiger partial charge in [0.05, 0.1) is 12.8 Å². The van der Waals surface area contributed by atoms with E-state index in [4.69, 9.17) is 15.5 Å². The van der Waals surface area contributed by atoms with Gasteiger partial charge in [0.1, 0.15) is 5.75 Å². The number of benzene rings is 1. The van der Waals surface area contributed by atoms with Gasteiger partial charge in [-0.1, -0.05) is 25.0 Å². The molecule has 140 valence electrons. The van der Waals surface area contributed by atoms with Crippen LogP contribution in [0.1, 0.15) is 32.1 Å². The zero-order valence-electron chi connectivity index (χ0n) is 15.2. The lowest BCUT2D eigenvalue weighted by Gasteiger charge is -2.22. The number of ether oxygens (including phenoxy) is 1. The third-order valence-corrected chi connectivity index (χ3v) is 5.15. The number of nitrogens with two attached hydrogens (primary N) is 1. The highest BCUT2D eigenvalue weighted by molar-refractivity contribution is 14.0. The Labute approximate surface area is 168 Å². The van der Waals surface area contributed by atoms with E-state index in [0.29, 0.717) is 5.92 Å². The zero-order chi connectivity index (χ0) is 16.8. The number of anilines is 1. The molecule has 6 heteroatoms. The van der Waals surface area contributed by atoms with Crippen LogP contribution in [0.2, 0.25) is 0 Å². The standard InChI is InChI=1S/C19H30N4O.HI/c1-24-18-9-5-4-8-17(18)23-13-10-16(15-23)14-21-19(20)22-11-6-2-3-7-12-22;/h4-5,8-9,16H,2-3,6-7,10-15H2,1H3,(H2,20,21);1H. The molecule has 1 atom stereocenters. The number of aliphatic imine (C=N–C) groups is 1. The first-order valence-electron chi connectivity index (χ1n) is 9.21. The van der Waals surface area contributed by atoms with Crippen molar-refractivity contribution in [1.82, 2.24) is 4.90 Å². The van der Waals surface area contributed by atoms with E-state index >= 15 is 0 Å². The molecule has 1 aromatic rings. The van der Waals surface area contributed by atoms with E-state index in [1.54, 1.807) is 7.11 Å². The van der Waals surface area contributed by atoms with E-state index < -0.39 is 0 Å². The SMILES string of the molecule is COc1ccccc1N1CCC(CN=C(N)N2CCCCCC2)C1.I. The van der Waals surface area contributed by atoms with Crippen LogP contribution in [0.4, 0.5) is 5.69 Å². The van der Waals surface area contributed by atoms with Gasteiger partial charge < -0.3 is 20.3 Å². The predicted molar refractivity (Wildman–Crippen MR) is 115 cm³/mol. The fourth-order valence-corrected chi connectivity index (χ4v) is 3.71. The van der Waals surface area contributed by atoms with Crippen molar-refractivity contribution in [2.45, 2.75) is 32.1 Å². The molecule has 2 fully saturated rings. The first-order valence-corrected chi connectivity index (χ1v) is 9.21. The lowest BCUT2D eigenvalue weighted by molar-refractivity contribution is 0.414. The monoisotopic (exact) mass is 458 g/mol. The van der Waals surface area contributed by atoms with Crippen molar-refractivity contribution in [3.8, 4) is 5.75 Å². The number of methoxy groups -OCH3 is 1. The fourth-order valence-electron chi connectivity index (χ4n) is 3.71. The predicted octanol–water partition coefficient (Wildman–Crippen LogP) is 3.33. The van der Waals surface area contributed by atoms with Crippen molar-refractivity contribution < 1.29 is 4.74 Å². The molecular formula is C19H31IN4O. The van der Waals surface area contributed by atoms with Crippen molar-refractivity contribution in [3.63, 3.8) is 0 Å². The lowest BCUT2D eigenvalue weighted by Crippen LogP contribution is -2.38. The van der Waals surface area contributed by atoms with Gasteiger partial charge in [-0.3, -0.25) is 4.99 Å². The number of nitrogens with zero attached hydrogens (tertiary/aromatic N) is 3. The van der Waals surface area contributed by atoms with Crippen LogP contribution >= 0.6 is 24.0 Å². The van der Waals surface area contributed by atoms with Crippen molar-refractivity contribution >= 4 is 35.6 Å². The second-order valence-corrected chi connectivity index (χ2v) is 6.87. The van der Waals surface area contributed by atoms with Gasteiger partial charge in [-0.15, -0.1) is 24.0 Å². The highest BCUT2D eigenvalue weighted by Crippen LogP contribution is 2.31. The van der Waals surface area contributed by atoms with Gasteiger partial charge in [0.25, 0.3) is 0 Å². The molecule has 0 radical (unpaired) electrons. The summed E-state index contributed by atoms with van der Waals surface area (Å²) in [6, 6.07) is 8.25. The summed E-state index contributed by atoms with van der Waals surface area (Å²) in [5.74, 6) is 2.26. The maximum atomic E-state index is 6.23. The Morgan fingerprint density at radius 3 is 2.60 bits per heavy atom. The molecule has 1 unspecified atom stereocenters. The zero-order valence-corrected chi connectivity index (χ0v) is 17.5. The number of rotatable bonds is 4. The molecule has 2 saturated heterocycles. The minimum Gasteiger partial charge on any atom is -0.495 e. The maximum Gasteiger partial charge on any atom is 0.191 e. The van der Waals surface area contributed by atoms with E-state index in [9.17, 15) is 0 Å². The molecule has 2 aliphatic rings. The van der Waals surface area contributed by atoms with E-state index in [2.05, 4.69) is 21.9 Å². The highest BCUT2D eigenvalue weighted by atomic mass is 127. The molecule has 0 spiro atoms. The number of hydrogen-bond acceptors (Lipinski definition) is 3. The van der Waals surface area contributed by atoms with Gasteiger partial charge in [-0.25, -0.2) is 0 Å². The van der Waals surface area contributed by atoms with E-state index in [1.807, 2.05) is 12.1 Å². The average Bonchev–Trinajstić information content (AvgIpc) is 2.92. The molecule has 3 rings (SSSR count). The quantitative estimate of drug-likeness (QED) is 0.427. The average molecular weight is 458 g/mol. The second kappa shape index (κ2) is 10.1. The maximum absolute atomic E-state index is 6.23. The first-order chi connectivity index (χ1) is 11.8. The minimum atomic E-state index is 0. The number of hydrogen-bond donors (Lipinski definition) is 1. The summed E-state index contributed by atoms with van der Waals surface area (Å²) in [7, 11) is 1.73. The second-order valence-electron chi connectivity index (χ2n) is 6.87. The third-order valence-electron chi connectivity index (χ3n) is 5.15. The number of para-hydroxylation sites is 2. The number of likely N-dealkylation sites (tertiary alicyclic amines) is 1. The Hall–Kier alpha value is -1.18. The summed E-state index contributed by atoms with van der Waals surface area (Å²) < 4.78 is 5.49. The van der Waals surface area contributed by atoms with Crippen molar-refractivity contribution in [3.05, 3.63) is 24.3 Å². The highest BCUT2D eigenvalue weighted by Gasteiger charge is 2.24. The summed E-state index contributed by atoms with van der Waals surface area (Å²) in [5.41, 5.74) is 7.42. The molecule has 0 aliphatic carbocycles. The summed E-state index contributed by atoms with van der Waals surface area (Å²) in [5, 5.41) is 0. The molecule has 0 bridgehead atoms. The minimum absolute atomic E-state index is 0. The van der Waals surface area contributed by atoms with Gasteiger partial charge in [-0.2, -0.15) is 0 Å². The molecule has 5 nitrogen and oxygen atoms in total. The van der Waals surface area contributed by atoms with Crippen LogP contribution < -0.4 is 15.4 Å². The van der Waals surface area contributed by atoms with Gasteiger partial charge in [0.15, 0.2) is 5.96 Å². The van der Waals surface area contributed by atoms with E-state index in [0.717, 1.165) is 50.9 Å². The van der Waals surface area contributed by atoms with Crippen LogP contribution in [0.3, 0.4) is 0 Å². The van der Waals surface area contributed by atoms with Crippen molar-refractivity contribution in [2.24, 2.45) is 16.6 Å². The number of halogens is 1. The molecule has 0 saturated carbocycles. The van der Waals surface area contributed by atoms with Crippen LogP contribution in [-0.2, 0) is 0 Å². The van der Waals surface area contributed by atoms with Crippen molar-refractivity contribution in [2.75, 3.05) is 44.7 Å². The van der Waals surface area contributed by atoms with Crippen LogP contribution in [0.25, 0.3) is 0 Å². The summed E-state index contributed by atoms with van der Waals surface area (Å²) >= 11 is 0. The van der Waals surface area contributed by atoms with Gasteiger partial charge in [0, 0.05) is 32.7 Å². The Balaban J connectivity index is 0.00000225. The Bertz CT molecular complexity index is 558. The van der Waals surface area contributed by atoms with E-state index in [1.165, 1.54) is 31.4 Å². The van der Waals surface area contributed by atoms with Crippen LogP contribution in [-0.4, -0.2) is 50.7 Å². The van der Waals surface area contributed by atoms with E-state index in [-0.39, 0.29) is 24.0 Å². The Kier molecular flexibility index (Phi) is 8.12. The summed E-state index contributed by atoms with van der Waals surface area (Å²) in [6.45, 7) is 5.04. The smallest absolute Gasteiger partial charge is 0.191 e.